The summed E-state index contributed by atoms with van der Waals surface area (Å²) in [5.74, 6) is 1.22. The first-order valence-corrected chi connectivity index (χ1v) is 6.95. The number of nitrogens with one attached hydrogen (secondary N) is 1. The summed E-state index contributed by atoms with van der Waals surface area (Å²) in [6.07, 6.45) is 3.63. The molecule has 3 aromatic rings. The van der Waals surface area contributed by atoms with E-state index in [1.807, 2.05) is 30.5 Å². The normalized spacial score (nSPS) is 15.1. The van der Waals surface area contributed by atoms with E-state index in [1.165, 1.54) is 0 Å². The molecule has 0 atom stereocenters. The molecule has 22 heavy (non-hydrogen) atoms. The molecule has 0 bridgehead atoms. The van der Waals surface area contributed by atoms with Crippen molar-refractivity contribution in [2.24, 2.45) is 0 Å². The lowest BCUT2D eigenvalue weighted by atomic mass is 10.1. The average Bonchev–Trinajstić information content (AvgIpc) is 3.10. The van der Waals surface area contributed by atoms with Gasteiger partial charge in [0.05, 0.1) is 7.11 Å². The number of benzene rings is 2. The van der Waals surface area contributed by atoms with Crippen LogP contribution in [-0.4, -0.2) is 17.9 Å². The van der Waals surface area contributed by atoms with Gasteiger partial charge in [0.15, 0.2) is 5.76 Å². The molecule has 0 spiro atoms. The fraction of sp³-hybridized carbons (Fsp3) is 0.0556. The number of rotatable bonds is 2. The van der Waals surface area contributed by atoms with Gasteiger partial charge >= 0.3 is 0 Å². The van der Waals surface area contributed by atoms with Crippen molar-refractivity contribution >= 4 is 22.8 Å². The first-order valence-electron chi connectivity index (χ1n) is 6.95. The molecule has 2 heterocycles. The standard InChI is InChI=1S/C18H13NO3/c1-21-14-7-4-8-15-17(14)18(20)16(22-15)9-11-10-19-13-6-3-2-5-12(11)13/h2-10,19H,1H3/b16-9-. The number of ketones is 1. The lowest BCUT2D eigenvalue weighted by molar-refractivity contribution is 0.101. The predicted molar refractivity (Wildman–Crippen MR) is 84.2 cm³/mol. The number of hydrogen-bond donors (Lipinski definition) is 1. The van der Waals surface area contributed by atoms with Crippen LogP contribution in [0.3, 0.4) is 0 Å². The number of carbonyl (C=O) groups excluding carboxylic acids is 1. The fourth-order valence-electron chi connectivity index (χ4n) is 2.73. The summed E-state index contributed by atoms with van der Waals surface area (Å²) in [6, 6.07) is 13.3. The number of allylic oxidation sites excluding steroid dienone is 1. The zero-order valence-electron chi connectivity index (χ0n) is 11.9. The second-order valence-electron chi connectivity index (χ2n) is 5.06. The van der Waals surface area contributed by atoms with Crippen molar-refractivity contribution in [3.05, 3.63) is 65.5 Å². The Hall–Kier alpha value is -3.01. The highest BCUT2D eigenvalue weighted by molar-refractivity contribution is 6.16. The molecule has 0 aliphatic carbocycles. The van der Waals surface area contributed by atoms with Crippen molar-refractivity contribution in [1.82, 2.24) is 4.98 Å². The van der Waals surface area contributed by atoms with E-state index >= 15 is 0 Å². The minimum atomic E-state index is -0.155. The molecule has 2 aromatic carbocycles. The van der Waals surface area contributed by atoms with E-state index in [-0.39, 0.29) is 5.78 Å². The van der Waals surface area contributed by atoms with E-state index in [2.05, 4.69) is 4.98 Å². The molecule has 4 nitrogen and oxygen atoms in total. The quantitative estimate of drug-likeness (QED) is 0.731. The number of hydrogen-bond acceptors (Lipinski definition) is 3. The van der Waals surface area contributed by atoms with E-state index in [4.69, 9.17) is 9.47 Å². The summed E-state index contributed by atoms with van der Waals surface area (Å²) >= 11 is 0. The average molecular weight is 291 g/mol. The van der Waals surface area contributed by atoms with Crippen LogP contribution in [0.15, 0.2) is 54.4 Å². The maximum Gasteiger partial charge on any atom is 0.235 e. The Kier molecular flexibility index (Phi) is 2.76. The topological polar surface area (TPSA) is 51.3 Å². The van der Waals surface area contributed by atoms with Crippen LogP contribution in [-0.2, 0) is 0 Å². The van der Waals surface area contributed by atoms with Gasteiger partial charge in [-0.15, -0.1) is 0 Å². The Bertz CT molecular complexity index is 921. The lowest BCUT2D eigenvalue weighted by Crippen LogP contribution is -1.99. The first-order chi connectivity index (χ1) is 10.8. The van der Waals surface area contributed by atoms with Crippen molar-refractivity contribution in [1.29, 1.82) is 0 Å². The highest BCUT2D eigenvalue weighted by Crippen LogP contribution is 2.38. The van der Waals surface area contributed by atoms with Gasteiger partial charge < -0.3 is 14.5 Å². The van der Waals surface area contributed by atoms with Crippen LogP contribution in [0.4, 0.5) is 0 Å². The first kappa shape index (κ1) is 12.7. The largest absolute Gasteiger partial charge is 0.496 e. The molecular formula is C18H13NO3. The van der Waals surface area contributed by atoms with Crippen LogP contribution in [0.2, 0.25) is 0 Å². The molecule has 0 radical (unpaired) electrons. The van der Waals surface area contributed by atoms with Crippen LogP contribution >= 0.6 is 0 Å². The summed E-state index contributed by atoms with van der Waals surface area (Å²) in [5.41, 5.74) is 2.43. The number of para-hydroxylation sites is 1. The summed E-state index contributed by atoms with van der Waals surface area (Å²) in [5, 5.41) is 1.05. The van der Waals surface area contributed by atoms with Crippen LogP contribution < -0.4 is 9.47 Å². The smallest absolute Gasteiger partial charge is 0.235 e. The third-order valence-corrected chi connectivity index (χ3v) is 3.79. The molecule has 1 N–H and O–H groups in total. The van der Waals surface area contributed by atoms with Crippen LogP contribution in [0.1, 0.15) is 15.9 Å². The second kappa shape index (κ2) is 4.77. The minimum absolute atomic E-state index is 0.155. The number of aromatic amines is 1. The van der Waals surface area contributed by atoms with E-state index in [1.54, 1.807) is 31.4 Å². The van der Waals surface area contributed by atoms with Crippen LogP contribution in [0.25, 0.3) is 17.0 Å². The van der Waals surface area contributed by atoms with E-state index in [9.17, 15) is 4.79 Å². The number of methoxy groups -OCH3 is 1. The minimum Gasteiger partial charge on any atom is -0.496 e. The fourth-order valence-corrected chi connectivity index (χ4v) is 2.73. The van der Waals surface area contributed by atoms with Gasteiger partial charge in [0.1, 0.15) is 17.1 Å². The molecule has 0 unspecified atom stereocenters. The van der Waals surface area contributed by atoms with Crippen molar-refractivity contribution in [2.45, 2.75) is 0 Å². The van der Waals surface area contributed by atoms with Crippen LogP contribution in [0, 0.1) is 0 Å². The SMILES string of the molecule is COc1cccc2c1C(=O)/C(=C/c1c[nH]c3ccccc13)O2. The Morgan fingerprint density at radius 3 is 2.86 bits per heavy atom. The molecule has 1 aliphatic heterocycles. The number of ether oxygens (including phenoxy) is 2. The number of fused-ring (bicyclic) bond motifs is 2. The zero-order chi connectivity index (χ0) is 15.1. The van der Waals surface area contributed by atoms with Gasteiger partial charge in [-0.3, -0.25) is 4.79 Å². The molecule has 108 valence electrons. The van der Waals surface area contributed by atoms with E-state index in [0.717, 1.165) is 16.5 Å². The summed E-state index contributed by atoms with van der Waals surface area (Å²) < 4.78 is 10.9. The summed E-state index contributed by atoms with van der Waals surface area (Å²) in [4.78, 5) is 15.7. The maximum absolute atomic E-state index is 12.6. The molecular weight excluding hydrogens is 278 g/mol. The maximum atomic E-state index is 12.6. The molecule has 0 saturated carbocycles. The molecule has 0 amide bonds. The molecule has 0 fully saturated rings. The third kappa shape index (κ3) is 1.81. The number of aromatic nitrogens is 1. The van der Waals surface area contributed by atoms with E-state index in [0.29, 0.717) is 22.8 Å². The van der Waals surface area contributed by atoms with Gasteiger partial charge in [-0.2, -0.15) is 0 Å². The number of carbonyl (C=O) groups is 1. The molecule has 0 saturated heterocycles. The number of Topliss-reactive ketones (excluding diaryl/α,β-unsaturated/α-hetero) is 1. The van der Waals surface area contributed by atoms with Gasteiger partial charge in [-0.1, -0.05) is 24.3 Å². The van der Waals surface area contributed by atoms with Gasteiger partial charge in [-0.05, 0) is 24.3 Å². The molecule has 4 heteroatoms. The van der Waals surface area contributed by atoms with Crippen molar-refractivity contribution < 1.29 is 14.3 Å². The van der Waals surface area contributed by atoms with Crippen LogP contribution in [0.5, 0.6) is 11.5 Å². The Morgan fingerprint density at radius 2 is 2.00 bits per heavy atom. The van der Waals surface area contributed by atoms with Gasteiger partial charge in [-0.25, -0.2) is 0 Å². The van der Waals surface area contributed by atoms with Gasteiger partial charge in [0, 0.05) is 22.7 Å². The second-order valence-corrected chi connectivity index (χ2v) is 5.06. The van der Waals surface area contributed by atoms with Gasteiger partial charge in [0.2, 0.25) is 5.78 Å². The highest BCUT2D eigenvalue weighted by atomic mass is 16.5. The summed E-state index contributed by atoms with van der Waals surface area (Å²) in [6.45, 7) is 0. The Labute approximate surface area is 127 Å². The van der Waals surface area contributed by atoms with E-state index < -0.39 is 0 Å². The third-order valence-electron chi connectivity index (χ3n) is 3.79. The zero-order valence-corrected chi connectivity index (χ0v) is 11.9. The number of H-pyrrole nitrogens is 1. The molecule has 1 aliphatic rings. The summed E-state index contributed by atoms with van der Waals surface area (Å²) in [7, 11) is 1.55. The highest BCUT2D eigenvalue weighted by Gasteiger charge is 2.30. The van der Waals surface area contributed by atoms with Crippen molar-refractivity contribution in [3.8, 4) is 11.5 Å². The van der Waals surface area contributed by atoms with Crippen molar-refractivity contribution in [2.75, 3.05) is 7.11 Å². The molecule has 4 rings (SSSR count). The lowest BCUT2D eigenvalue weighted by Gasteiger charge is -2.02. The van der Waals surface area contributed by atoms with Crippen molar-refractivity contribution in [3.63, 3.8) is 0 Å². The molecule has 1 aromatic heterocycles. The van der Waals surface area contributed by atoms with Gasteiger partial charge in [0.25, 0.3) is 0 Å². The Balaban J connectivity index is 1.81. The predicted octanol–water partition coefficient (Wildman–Crippen LogP) is 3.79. The monoisotopic (exact) mass is 291 g/mol. The Morgan fingerprint density at radius 1 is 1.14 bits per heavy atom.